The summed E-state index contributed by atoms with van der Waals surface area (Å²) >= 11 is 0. The average Bonchev–Trinajstić information content (AvgIpc) is 3.08. The van der Waals surface area contributed by atoms with Crippen molar-refractivity contribution in [2.24, 2.45) is 0 Å². The summed E-state index contributed by atoms with van der Waals surface area (Å²) in [4.78, 5) is 37.5. The van der Waals surface area contributed by atoms with E-state index < -0.39 is 23.6 Å². The molecule has 0 saturated heterocycles. The van der Waals surface area contributed by atoms with Crippen molar-refractivity contribution < 1.29 is 32.0 Å². The molecule has 0 aliphatic heterocycles. The molecule has 0 atom stereocenters. The Balaban J connectivity index is 1.87. The third kappa shape index (κ3) is 4.83. The molecular formula is C20H16F3N3O4. The highest BCUT2D eigenvalue weighted by molar-refractivity contribution is 5.93. The van der Waals surface area contributed by atoms with E-state index >= 15 is 0 Å². The lowest BCUT2D eigenvalue weighted by atomic mass is 10.1. The molecule has 0 unspecified atom stereocenters. The summed E-state index contributed by atoms with van der Waals surface area (Å²) < 4.78 is 43.7. The average molecular weight is 419 g/mol. The lowest BCUT2D eigenvalue weighted by Gasteiger charge is -2.19. The van der Waals surface area contributed by atoms with E-state index in [0.717, 1.165) is 24.1 Å². The van der Waals surface area contributed by atoms with Crippen LogP contribution in [0.1, 0.15) is 34.4 Å². The molecule has 10 heteroatoms. The van der Waals surface area contributed by atoms with Crippen LogP contribution in [0.5, 0.6) is 0 Å². The van der Waals surface area contributed by atoms with Gasteiger partial charge in [0.25, 0.3) is 0 Å². The highest BCUT2D eigenvalue weighted by atomic mass is 19.4. The number of carbonyl (C=O) groups is 2. The second-order valence-electron chi connectivity index (χ2n) is 6.24. The number of benzene rings is 1. The van der Waals surface area contributed by atoms with E-state index in [-0.39, 0.29) is 29.5 Å². The van der Waals surface area contributed by atoms with Gasteiger partial charge in [-0.1, -0.05) is 6.07 Å². The zero-order chi connectivity index (χ0) is 21.9. The molecule has 1 amide bonds. The highest BCUT2D eigenvalue weighted by Gasteiger charge is 2.31. The van der Waals surface area contributed by atoms with E-state index in [1.165, 1.54) is 25.3 Å². The number of halogens is 3. The molecule has 0 bridgehead atoms. The molecule has 2 heterocycles. The van der Waals surface area contributed by atoms with Crippen molar-refractivity contribution in [3.05, 3.63) is 71.4 Å². The van der Waals surface area contributed by atoms with Gasteiger partial charge in [-0.15, -0.1) is 0 Å². The minimum Gasteiger partial charge on any atom is -0.441 e. The Morgan fingerprint density at radius 1 is 1.13 bits per heavy atom. The topological polar surface area (TPSA) is 85.5 Å². The smallest absolute Gasteiger partial charge is 0.416 e. The fraction of sp³-hybridized carbons (Fsp3) is 0.200. The first kappa shape index (κ1) is 21.0. The number of nitrogens with zero attached hydrogens (tertiary/aromatic N) is 3. The summed E-state index contributed by atoms with van der Waals surface area (Å²) in [5, 5.41) is 0.798. The van der Waals surface area contributed by atoms with Gasteiger partial charge in [0.05, 0.1) is 11.3 Å². The van der Waals surface area contributed by atoms with Gasteiger partial charge in [-0.05, 0) is 43.3 Å². The van der Waals surface area contributed by atoms with Crippen LogP contribution in [0.25, 0.3) is 11.5 Å². The van der Waals surface area contributed by atoms with Gasteiger partial charge >= 0.3 is 18.1 Å². The summed E-state index contributed by atoms with van der Waals surface area (Å²) in [7, 11) is 0. The van der Waals surface area contributed by atoms with Crippen molar-refractivity contribution in [2.45, 2.75) is 26.6 Å². The standard InChI is InChI=1S/C20H16F3N3O4/c1-12-17(19(28)26(30-13(2)27)11-16-5-3-4-10-24-16)25-18(29-12)14-6-8-15(9-7-14)20(21,22)23/h3-10H,11H2,1-2H3. The molecule has 1 aromatic carbocycles. The minimum absolute atomic E-state index is 0.0369. The fourth-order valence-electron chi connectivity index (χ4n) is 2.58. The maximum Gasteiger partial charge on any atom is 0.416 e. The van der Waals surface area contributed by atoms with Crippen LogP contribution in [0.3, 0.4) is 0 Å². The Kier molecular flexibility index (Phi) is 5.86. The van der Waals surface area contributed by atoms with Gasteiger partial charge in [-0.3, -0.25) is 14.6 Å². The van der Waals surface area contributed by atoms with Crippen molar-refractivity contribution in [2.75, 3.05) is 0 Å². The molecule has 0 aliphatic rings. The zero-order valence-corrected chi connectivity index (χ0v) is 15.9. The monoisotopic (exact) mass is 419 g/mol. The van der Waals surface area contributed by atoms with Crippen molar-refractivity contribution >= 4 is 11.9 Å². The van der Waals surface area contributed by atoms with Crippen LogP contribution in [0.4, 0.5) is 13.2 Å². The lowest BCUT2D eigenvalue weighted by molar-refractivity contribution is -0.177. The van der Waals surface area contributed by atoms with E-state index in [4.69, 9.17) is 9.25 Å². The number of hydrogen-bond acceptors (Lipinski definition) is 6. The third-order valence-corrected chi connectivity index (χ3v) is 3.96. The van der Waals surface area contributed by atoms with Crippen molar-refractivity contribution in [3.8, 4) is 11.5 Å². The van der Waals surface area contributed by atoms with E-state index in [2.05, 4.69) is 9.97 Å². The van der Waals surface area contributed by atoms with Crippen molar-refractivity contribution in [1.29, 1.82) is 0 Å². The third-order valence-electron chi connectivity index (χ3n) is 3.96. The predicted molar refractivity (Wildman–Crippen MR) is 97.6 cm³/mol. The lowest BCUT2D eigenvalue weighted by Crippen LogP contribution is -2.33. The minimum atomic E-state index is -4.47. The molecule has 2 aromatic heterocycles. The Labute approximate surface area is 169 Å². The second-order valence-corrected chi connectivity index (χ2v) is 6.24. The van der Waals surface area contributed by atoms with Crippen LogP contribution in [0, 0.1) is 6.92 Å². The Morgan fingerprint density at radius 2 is 1.83 bits per heavy atom. The first-order chi connectivity index (χ1) is 14.1. The number of carbonyl (C=O) groups excluding carboxylic acids is 2. The van der Waals surface area contributed by atoms with E-state index in [9.17, 15) is 22.8 Å². The number of aromatic nitrogens is 2. The van der Waals surface area contributed by atoms with Gasteiger partial charge in [0.15, 0.2) is 5.69 Å². The predicted octanol–water partition coefficient (Wildman–Crippen LogP) is 4.18. The first-order valence-electron chi connectivity index (χ1n) is 8.70. The number of hydrogen-bond donors (Lipinski definition) is 0. The molecule has 3 rings (SSSR count). The molecule has 3 aromatic rings. The molecule has 0 saturated carbocycles. The van der Waals surface area contributed by atoms with E-state index in [1.807, 2.05) is 0 Å². The molecule has 0 radical (unpaired) electrons. The molecule has 0 aliphatic carbocycles. The summed E-state index contributed by atoms with van der Waals surface area (Å²) in [6.07, 6.45) is -2.95. The zero-order valence-electron chi connectivity index (χ0n) is 15.9. The number of hydroxylamine groups is 2. The largest absolute Gasteiger partial charge is 0.441 e. The maximum atomic E-state index is 12.9. The Hall–Kier alpha value is -3.69. The maximum absolute atomic E-state index is 12.9. The number of pyridine rings is 1. The molecule has 0 spiro atoms. The van der Waals surface area contributed by atoms with Gasteiger partial charge in [0.2, 0.25) is 5.89 Å². The molecule has 0 fully saturated rings. The van der Waals surface area contributed by atoms with Crippen LogP contribution >= 0.6 is 0 Å². The number of oxazole rings is 1. The molecule has 30 heavy (non-hydrogen) atoms. The highest BCUT2D eigenvalue weighted by Crippen LogP contribution is 2.31. The van der Waals surface area contributed by atoms with Gasteiger partial charge in [-0.25, -0.2) is 4.98 Å². The first-order valence-corrected chi connectivity index (χ1v) is 8.70. The SMILES string of the molecule is CC(=O)ON(Cc1ccccn1)C(=O)c1nc(-c2ccc(C(F)(F)F)cc2)oc1C. The number of amides is 1. The molecule has 156 valence electrons. The van der Waals surface area contributed by atoms with Crippen LogP contribution in [-0.4, -0.2) is 26.9 Å². The van der Waals surface area contributed by atoms with Crippen LogP contribution in [0.15, 0.2) is 53.1 Å². The van der Waals surface area contributed by atoms with Gasteiger partial charge < -0.3 is 9.25 Å². The van der Waals surface area contributed by atoms with Crippen molar-refractivity contribution in [1.82, 2.24) is 15.0 Å². The second kappa shape index (κ2) is 8.36. The number of aryl methyl sites for hydroxylation is 1. The van der Waals surface area contributed by atoms with Crippen LogP contribution < -0.4 is 0 Å². The normalized spacial score (nSPS) is 11.2. The Bertz CT molecular complexity index is 1050. The summed E-state index contributed by atoms with van der Waals surface area (Å²) in [5.74, 6) is -1.39. The van der Waals surface area contributed by atoms with E-state index in [0.29, 0.717) is 5.69 Å². The quantitative estimate of drug-likeness (QED) is 0.590. The van der Waals surface area contributed by atoms with Gasteiger partial charge in [0.1, 0.15) is 12.3 Å². The summed E-state index contributed by atoms with van der Waals surface area (Å²) in [6.45, 7) is 2.49. The fourth-order valence-corrected chi connectivity index (χ4v) is 2.58. The summed E-state index contributed by atoms with van der Waals surface area (Å²) in [6, 6.07) is 9.22. The van der Waals surface area contributed by atoms with Crippen LogP contribution in [-0.2, 0) is 22.4 Å². The molecular weight excluding hydrogens is 403 g/mol. The number of alkyl halides is 3. The summed E-state index contributed by atoms with van der Waals surface area (Å²) in [5.41, 5.74) is -0.227. The van der Waals surface area contributed by atoms with E-state index in [1.54, 1.807) is 18.2 Å². The van der Waals surface area contributed by atoms with Crippen molar-refractivity contribution in [3.63, 3.8) is 0 Å². The molecule has 0 N–H and O–H groups in total. The number of rotatable bonds is 4. The van der Waals surface area contributed by atoms with Gasteiger partial charge in [-0.2, -0.15) is 18.2 Å². The van der Waals surface area contributed by atoms with Gasteiger partial charge in [0, 0.05) is 18.7 Å². The molecule has 7 nitrogen and oxygen atoms in total. The Morgan fingerprint density at radius 3 is 2.40 bits per heavy atom. The van der Waals surface area contributed by atoms with Crippen LogP contribution in [0.2, 0.25) is 0 Å².